The van der Waals surface area contributed by atoms with Crippen molar-refractivity contribution in [3.63, 3.8) is 0 Å². The van der Waals surface area contributed by atoms with Gasteiger partial charge in [-0.25, -0.2) is 0 Å². The van der Waals surface area contributed by atoms with Gasteiger partial charge in [-0.3, -0.25) is 14.9 Å². The van der Waals surface area contributed by atoms with Crippen molar-refractivity contribution in [3.8, 4) is 5.75 Å². The van der Waals surface area contributed by atoms with E-state index < -0.39 is 10.8 Å². The van der Waals surface area contributed by atoms with Crippen LogP contribution in [-0.2, 0) is 6.61 Å². The van der Waals surface area contributed by atoms with Crippen LogP contribution in [0.25, 0.3) is 0 Å². The van der Waals surface area contributed by atoms with Gasteiger partial charge in [-0.05, 0) is 23.8 Å². The van der Waals surface area contributed by atoms with Crippen LogP contribution in [0.5, 0.6) is 5.75 Å². The molecule has 0 heterocycles. The van der Waals surface area contributed by atoms with Gasteiger partial charge in [0, 0.05) is 17.8 Å². The lowest BCUT2D eigenvalue weighted by atomic mass is 10.1. The summed E-state index contributed by atoms with van der Waals surface area (Å²) >= 11 is 0. The topological polar surface area (TPSA) is 102 Å². The third-order valence-corrected chi connectivity index (χ3v) is 3.01. The molecule has 1 amide bonds. The number of carbonyl (C=O) groups is 1. The number of hydrogen-bond donors (Lipinski definition) is 2. The Morgan fingerprint density at radius 1 is 1.32 bits per heavy atom. The number of nitro groups is 1. The molecular weight excluding hydrogens is 288 g/mol. The SMILES string of the molecule is COc1ccc([N+](=O)[O-])cc1C(=O)Nc1cccc(CO)c1. The standard InChI is InChI=1S/C15H14N2O5/c1-22-14-6-5-12(17(20)21)8-13(14)15(19)16-11-4-2-3-10(7-11)9-18/h2-8,18H,9H2,1H3,(H,16,19). The average Bonchev–Trinajstić information content (AvgIpc) is 2.54. The number of nitrogens with one attached hydrogen (secondary N) is 1. The fourth-order valence-corrected chi connectivity index (χ4v) is 1.93. The fraction of sp³-hybridized carbons (Fsp3) is 0.133. The lowest BCUT2D eigenvalue weighted by Gasteiger charge is -2.10. The van der Waals surface area contributed by atoms with Crippen molar-refractivity contribution in [2.75, 3.05) is 12.4 Å². The number of rotatable bonds is 5. The molecule has 2 rings (SSSR count). The number of nitrogens with zero attached hydrogens (tertiary/aromatic N) is 1. The van der Waals surface area contributed by atoms with Crippen LogP contribution in [0.3, 0.4) is 0 Å². The third-order valence-electron chi connectivity index (χ3n) is 3.01. The molecule has 0 aliphatic heterocycles. The van der Waals surface area contributed by atoms with Crippen molar-refractivity contribution in [2.24, 2.45) is 0 Å². The molecule has 0 aliphatic rings. The first kappa shape index (κ1) is 15.5. The largest absolute Gasteiger partial charge is 0.496 e. The number of aliphatic hydroxyl groups excluding tert-OH is 1. The summed E-state index contributed by atoms with van der Waals surface area (Å²) in [4.78, 5) is 22.5. The highest BCUT2D eigenvalue weighted by molar-refractivity contribution is 6.06. The second kappa shape index (κ2) is 6.68. The Labute approximate surface area is 126 Å². The molecule has 0 saturated heterocycles. The van der Waals surface area contributed by atoms with Crippen LogP contribution in [-0.4, -0.2) is 23.0 Å². The van der Waals surface area contributed by atoms with Crippen molar-refractivity contribution in [1.29, 1.82) is 0 Å². The van der Waals surface area contributed by atoms with Gasteiger partial charge in [0.2, 0.25) is 0 Å². The van der Waals surface area contributed by atoms with Crippen LogP contribution >= 0.6 is 0 Å². The molecule has 0 spiro atoms. The van der Waals surface area contributed by atoms with Crippen LogP contribution < -0.4 is 10.1 Å². The Balaban J connectivity index is 2.31. The van der Waals surface area contributed by atoms with Crippen molar-refractivity contribution in [3.05, 3.63) is 63.7 Å². The minimum Gasteiger partial charge on any atom is -0.496 e. The molecule has 0 radical (unpaired) electrons. The zero-order valence-electron chi connectivity index (χ0n) is 11.8. The molecule has 0 unspecified atom stereocenters. The Morgan fingerprint density at radius 2 is 2.09 bits per heavy atom. The maximum Gasteiger partial charge on any atom is 0.270 e. The molecule has 0 bridgehead atoms. The minimum atomic E-state index is -0.581. The third kappa shape index (κ3) is 3.39. The van der Waals surface area contributed by atoms with Gasteiger partial charge in [0.25, 0.3) is 11.6 Å². The minimum absolute atomic E-state index is 0.0612. The van der Waals surface area contributed by atoms with Crippen molar-refractivity contribution < 1.29 is 19.6 Å². The average molecular weight is 302 g/mol. The Kier molecular flexibility index (Phi) is 4.70. The molecule has 2 aromatic rings. The molecule has 22 heavy (non-hydrogen) atoms. The number of aliphatic hydroxyl groups is 1. The number of hydrogen-bond acceptors (Lipinski definition) is 5. The second-order valence-electron chi connectivity index (χ2n) is 4.45. The van der Waals surface area contributed by atoms with Gasteiger partial charge in [0.05, 0.1) is 24.2 Å². The maximum absolute atomic E-state index is 12.3. The van der Waals surface area contributed by atoms with Gasteiger partial charge in [-0.1, -0.05) is 12.1 Å². The van der Waals surface area contributed by atoms with Crippen LogP contribution in [0.15, 0.2) is 42.5 Å². The Morgan fingerprint density at radius 3 is 2.73 bits per heavy atom. The summed E-state index contributed by atoms with van der Waals surface area (Å²) in [6, 6.07) is 10.5. The van der Waals surface area contributed by atoms with E-state index in [0.717, 1.165) is 6.07 Å². The van der Waals surface area contributed by atoms with Crippen molar-refractivity contribution >= 4 is 17.3 Å². The molecular formula is C15H14N2O5. The van der Waals surface area contributed by atoms with Gasteiger partial charge < -0.3 is 15.2 Å². The van der Waals surface area contributed by atoms with E-state index in [0.29, 0.717) is 11.3 Å². The first-order chi connectivity index (χ1) is 10.5. The maximum atomic E-state index is 12.3. The van der Waals surface area contributed by atoms with E-state index in [1.54, 1.807) is 24.3 Å². The predicted molar refractivity (Wildman–Crippen MR) is 80.0 cm³/mol. The molecule has 0 fully saturated rings. The lowest BCUT2D eigenvalue weighted by molar-refractivity contribution is -0.384. The number of methoxy groups -OCH3 is 1. The van der Waals surface area contributed by atoms with Crippen molar-refractivity contribution in [2.45, 2.75) is 6.61 Å². The number of ether oxygens (including phenoxy) is 1. The molecule has 7 heteroatoms. The number of anilines is 1. The zero-order valence-corrected chi connectivity index (χ0v) is 11.8. The quantitative estimate of drug-likeness (QED) is 0.652. The summed E-state index contributed by atoms with van der Waals surface area (Å²) in [6.07, 6.45) is 0. The number of carbonyl (C=O) groups excluding carboxylic acids is 1. The van der Waals surface area contributed by atoms with E-state index in [-0.39, 0.29) is 23.6 Å². The summed E-state index contributed by atoms with van der Waals surface area (Å²) in [5.41, 5.74) is 0.982. The smallest absolute Gasteiger partial charge is 0.270 e. The summed E-state index contributed by atoms with van der Waals surface area (Å²) in [5.74, 6) is -0.294. The highest BCUT2D eigenvalue weighted by atomic mass is 16.6. The van der Waals surface area contributed by atoms with Gasteiger partial charge in [-0.15, -0.1) is 0 Å². The van der Waals surface area contributed by atoms with E-state index in [1.807, 2.05) is 0 Å². The van der Waals surface area contributed by atoms with Crippen molar-refractivity contribution in [1.82, 2.24) is 0 Å². The molecule has 0 saturated carbocycles. The van der Waals surface area contributed by atoms with Gasteiger partial charge >= 0.3 is 0 Å². The molecule has 0 atom stereocenters. The van der Waals surface area contributed by atoms with Gasteiger partial charge in [0.15, 0.2) is 0 Å². The van der Waals surface area contributed by atoms with Crippen LogP contribution in [0.2, 0.25) is 0 Å². The molecule has 2 aromatic carbocycles. The lowest BCUT2D eigenvalue weighted by Crippen LogP contribution is -2.13. The fourth-order valence-electron chi connectivity index (χ4n) is 1.93. The Hall–Kier alpha value is -2.93. The second-order valence-corrected chi connectivity index (χ2v) is 4.45. The first-order valence-electron chi connectivity index (χ1n) is 6.38. The van der Waals surface area contributed by atoms with Crippen LogP contribution in [0, 0.1) is 10.1 Å². The number of benzene rings is 2. The van der Waals surface area contributed by atoms with E-state index in [1.165, 1.54) is 19.2 Å². The first-order valence-corrected chi connectivity index (χ1v) is 6.38. The molecule has 0 aromatic heterocycles. The molecule has 7 nitrogen and oxygen atoms in total. The normalized spacial score (nSPS) is 10.1. The number of amides is 1. The predicted octanol–water partition coefficient (Wildman–Crippen LogP) is 2.35. The zero-order chi connectivity index (χ0) is 16.1. The summed E-state index contributed by atoms with van der Waals surface area (Å²) in [6.45, 7) is -0.149. The molecule has 0 aliphatic carbocycles. The Bertz CT molecular complexity index is 715. The molecule has 114 valence electrons. The van der Waals surface area contributed by atoms with Crippen LogP contribution in [0.4, 0.5) is 11.4 Å². The van der Waals surface area contributed by atoms with E-state index in [9.17, 15) is 14.9 Å². The number of non-ortho nitro benzene ring substituents is 1. The van der Waals surface area contributed by atoms with E-state index >= 15 is 0 Å². The number of nitro benzene ring substituents is 1. The summed E-state index contributed by atoms with van der Waals surface area (Å²) in [5, 5.41) is 22.5. The highest BCUT2D eigenvalue weighted by Gasteiger charge is 2.17. The van der Waals surface area contributed by atoms with Crippen LogP contribution in [0.1, 0.15) is 15.9 Å². The highest BCUT2D eigenvalue weighted by Crippen LogP contribution is 2.25. The van der Waals surface area contributed by atoms with Gasteiger partial charge in [-0.2, -0.15) is 0 Å². The van der Waals surface area contributed by atoms with E-state index in [4.69, 9.17) is 9.84 Å². The van der Waals surface area contributed by atoms with Gasteiger partial charge in [0.1, 0.15) is 5.75 Å². The monoisotopic (exact) mass is 302 g/mol. The van der Waals surface area contributed by atoms with E-state index in [2.05, 4.69) is 5.32 Å². The molecule has 2 N–H and O–H groups in total. The summed E-state index contributed by atoms with van der Waals surface area (Å²) in [7, 11) is 1.38. The summed E-state index contributed by atoms with van der Waals surface area (Å²) < 4.78 is 5.06.